The van der Waals surface area contributed by atoms with Crippen LogP contribution >= 0.6 is 15.9 Å². The minimum Gasteiger partial charge on any atom is -0.369 e. The first kappa shape index (κ1) is 23.1. The first-order valence-electron chi connectivity index (χ1n) is 10.7. The Hall–Kier alpha value is -3.04. The topological polar surface area (TPSA) is 71.0 Å². The van der Waals surface area contributed by atoms with Crippen molar-refractivity contribution in [2.45, 2.75) is 46.6 Å². The van der Waals surface area contributed by atoms with E-state index in [0.29, 0.717) is 29.0 Å². The lowest BCUT2D eigenvalue weighted by Crippen LogP contribution is -2.25. The summed E-state index contributed by atoms with van der Waals surface area (Å²) >= 11 is 3.26. The van der Waals surface area contributed by atoms with Crippen molar-refractivity contribution in [1.29, 1.82) is 0 Å². The highest BCUT2D eigenvalue weighted by Gasteiger charge is 2.19. The smallest absolute Gasteiger partial charge is 0.350 e. The molecule has 0 spiro atoms. The Morgan fingerprint density at radius 3 is 2.52 bits per heavy atom. The van der Waals surface area contributed by atoms with Crippen LogP contribution in [0.3, 0.4) is 0 Å². The van der Waals surface area contributed by atoms with Crippen molar-refractivity contribution in [1.82, 2.24) is 18.9 Å². The van der Waals surface area contributed by atoms with Gasteiger partial charge in [-0.1, -0.05) is 30.3 Å². The predicted molar refractivity (Wildman–Crippen MR) is 128 cm³/mol. The maximum absolute atomic E-state index is 15.1. The van der Waals surface area contributed by atoms with Crippen molar-refractivity contribution in [2.75, 3.05) is 0 Å². The molecule has 0 unspecified atom stereocenters. The number of hydrogen-bond donors (Lipinski definition) is 0. The SMILES string of the molecule is CCn1c(COCc2ccccc2)nn(-c2cc3c(cc2F)c(=O)c(Br)cn3C(C)C)c1=O. The second kappa shape index (κ2) is 9.44. The van der Waals surface area contributed by atoms with E-state index in [1.807, 2.05) is 55.7 Å². The highest BCUT2D eigenvalue weighted by Crippen LogP contribution is 2.24. The Bertz CT molecular complexity index is 1420. The van der Waals surface area contributed by atoms with E-state index >= 15 is 4.39 Å². The molecular weight excluding hydrogens is 491 g/mol. The van der Waals surface area contributed by atoms with Crippen LogP contribution in [0.2, 0.25) is 0 Å². The lowest BCUT2D eigenvalue weighted by molar-refractivity contribution is 0.0989. The maximum atomic E-state index is 15.1. The summed E-state index contributed by atoms with van der Waals surface area (Å²) in [5, 5.41) is 4.60. The molecule has 0 radical (unpaired) electrons. The van der Waals surface area contributed by atoms with Gasteiger partial charge in [0.05, 0.1) is 16.6 Å². The van der Waals surface area contributed by atoms with Crippen molar-refractivity contribution in [2.24, 2.45) is 0 Å². The Kier molecular flexibility index (Phi) is 6.62. The molecule has 7 nitrogen and oxygen atoms in total. The number of fused-ring (bicyclic) bond motifs is 1. The molecule has 4 aromatic rings. The van der Waals surface area contributed by atoms with E-state index in [2.05, 4.69) is 21.0 Å². The molecule has 0 N–H and O–H groups in total. The predicted octanol–water partition coefficient (Wildman–Crippen LogP) is 4.57. The summed E-state index contributed by atoms with van der Waals surface area (Å²) in [6.07, 6.45) is 1.67. The summed E-state index contributed by atoms with van der Waals surface area (Å²) in [5.74, 6) is -0.303. The lowest BCUT2D eigenvalue weighted by Gasteiger charge is -2.16. The standard InChI is InChI=1S/C24H24BrFN4O3/c1-4-28-22(14-33-13-16-8-6-5-7-9-16)27-30(24(28)32)21-11-20-17(10-19(21)26)23(31)18(25)12-29(20)15(2)3/h5-12,15H,4,13-14H2,1-3H3. The zero-order chi connectivity index (χ0) is 23.7. The van der Waals surface area contributed by atoms with Crippen molar-refractivity contribution in [3.63, 3.8) is 0 Å². The van der Waals surface area contributed by atoms with Gasteiger partial charge >= 0.3 is 5.69 Å². The third kappa shape index (κ3) is 4.43. The number of rotatable bonds is 7. The zero-order valence-corrected chi connectivity index (χ0v) is 20.2. The molecule has 0 aliphatic rings. The summed E-state index contributed by atoms with van der Waals surface area (Å²) in [6, 6.07) is 12.3. The molecule has 0 saturated carbocycles. The van der Waals surface area contributed by atoms with Gasteiger partial charge in [0, 0.05) is 24.2 Å². The number of pyridine rings is 1. The minimum atomic E-state index is -0.701. The summed E-state index contributed by atoms with van der Waals surface area (Å²) in [4.78, 5) is 25.6. The fraction of sp³-hybridized carbons (Fsp3) is 0.292. The van der Waals surface area contributed by atoms with Crippen molar-refractivity contribution >= 4 is 26.8 Å². The Balaban J connectivity index is 1.77. The molecule has 4 rings (SSSR count). The minimum absolute atomic E-state index is 0.00887. The molecule has 0 fully saturated rings. The van der Waals surface area contributed by atoms with Crippen LogP contribution in [0.1, 0.15) is 38.2 Å². The number of ether oxygens (including phenoxy) is 1. The van der Waals surface area contributed by atoms with Crippen LogP contribution in [-0.4, -0.2) is 18.9 Å². The largest absolute Gasteiger partial charge is 0.369 e. The first-order valence-corrected chi connectivity index (χ1v) is 11.5. The van der Waals surface area contributed by atoms with Gasteiger partial charge in [-0.3, -0.25) is 9.36 Å². The quantitative estimate of drug-likeness (QED) is 0.362. The molecule has 2 heterocycles. The maximum Gasteiger partial charge on any atom is 0.350 e. The summed E-state index contributed by atoms with van der Waals surface area (Å²) in [7, 11) is 0. The molecule has 9 heteroatoms. The number of hydrogen-bond acceptors (Lipinski definition) is 4. The molecule has 0 atom stereocenters. The van der Waals surface area contributed by atoms with Crippen molar-refractivity contribution < 1.29 is 9.13 Å². The van der Waals surface area contributed by atoms with Gasteiger partial charge in [-0.25, -0.2) is 9.18 Å². The molecular formula is C24H24BrFN4O3. The molecule has 0 amide bonds. The van der Waals surface area contributed by atoms with Gasteiger partial charge in [0.1, 0.15) is 18.1 Å². The van der Waals surface area contributed by atoms with Gasteiger partial charge in [0.15, 0.2) is 5.82 Å². The van der Waals surface area contributed by atoms with Crippen molar-refractivity contribution in [3.05, 3.63) is 91.0 Å². The Labute approximate surface area is 198 Å². The van der Waals surface area contributed by atoms with Crippen LogP contribution in [0, 0.1) is 5.82 Å². The third-order valence-electron chi connectivity index (χ3n) is 5.44. The van der Waals surface area contributed by atoms with Crippen LogP contribution < -0.4 is 11.1 Å². The second-order valence-electron chi connectivity index (χ2n) is 7.96. The molecule has 0 saturated heterocycles. The summed E-state index contributed by atoms with van der Waals surface area (Å²) in [6.45, 7) is 6.56. The van der Waals surface area contributed by atoms with Gasteiger partial charge < -0.3 is 9.30 Å². The van der Waals surface area contributed by atoms with Crippen LogP contribution in [0.4, 0.5) is 4.39 Å². The highest BCUT2D eigenvalue weighted by atomic mass is 79.9. The van der Waals surface area contributed by atoms with Crippen LogP contribution in [0.5, 0.6) is 0 Å². The molecule has 0 aliphatic carbocycles. The van der Waals surface area contributed by atoms with Crippen molar-refractivity contribution in [3.8, 4) is 5.69 Å². The van der Waals surface area contributed by atoms with Crippen LogP contribution in [0.15, 0.2) is 62.7 Å². The first-order chi connectivity index (χ1) is 15.8. The van der Waals surface area contributed by atoms with Crippen LogP contribution in [-0.2, 0) is 24.5 Å². The Morgan fingerprint density at radius 2 is 1.85 bits per heavy atom. The highest BCUT2D eigenvalue weighted by molar-refractivity contribution is 9.10. The Morgan fingerprint density at radius 1 is 1.12 bits per heavy atom. The van der Waals surface area contributed by atoms with E-state index in [1.165, 1.54) is 16.7 Å². The average molecular weight is 515 g/mol. The van der Waals surface area contributed by atoms with Crippen LogP contribution in [0.25, 0.3) is 16.6 Å². The van der Waals surface area contributed by atoms with Gasteiger partial charge in [0.25, 0.3) is 0 Å². The van der Waals surface area contributed by atoms with Gasteiger partial charge in [-0.15, -0.1) is 5.10 Å². The van der Waals surface area contributed by atoms with E-state index in [4.69, 9.17) is 4.74 Å². The number of nitrogens with zero attached hydrogens (tertiary/aromatic N) is 4. The molecule has 2 aromatic carbocycles. The average Bonchev–Trinajstić information content (AvgIpc) is 3.11. The van der Waals surface area contributed by atoms with E-state index in [1.54, 1.807) is 6.20 Å². The number of benzene rings is 2. The van der Waals surface area contributed by atoms with Gasteiger partial charge in [0.2, 0.25) is 5.43 Å². The third-order valence-corrected chi connectivity index (χ3v) is 6.00. The fourth-order valence-electron chi connectivity index (χ4n) is 3.77. The second-order valence-corrected chi connectivity index (χ2v) is 8.82. The molecule has 33 heavy (non-hydrogen) atoms. The lowest BCUT2D eigenvalue weighted by atomic mass is 10.1. The normalized spacial score (nSPS) is 11.6. The van der Waals surface area contributed by atoms with Gasteiger partial charge in [-0.2, -0.15) is 4.68 Å². The van der Waals surface area contributed by atoms with E-state index in [0.717, 1.165) is 10.2 Å². The van der Waals surface area contributed by atoms with E-state index in [-0.39, 0.29) is 29.2 Å². The monoisotopic (exact) mass is 514 g/mol. The zero-order valence-electron chi connectivity index (χ0n) is 18.6. The number of aromatic nitrogens is 4. The fourth-order valence-corrected chi connectivity index (χ4v) is 4.20. The molecule has 2 aromatic heterocycles. The molecule has 0 aliphatic heterocycles. The van der Waals surface area contributed by atoms with E-state index in [9.17, 15) is 9.59 Å². The molecule has 172 valence electrons. The number of halogens is 2. The molecule has 0 bridgehead atoms. The van der Waals surface area contributed by atoms with Gasteiger partial charge in [-0.05, 0) is 54.4 Å². The summed E-state index contributed by atoms with van der Waals surface area (Å²) < 4.78 is 25.6. The van der Waals surface area contributed by atoms with E-state index < -0.39 is 11.5 Å². The summed E-state index contributed by atoms with van der Waals surface area (Å²) in [5.41, 5.74) is 0.730.